The number of nitrogens with one attached hydrogen (secondary N) is 2. The van der Waals surface area contributed by atoms with E-state index in [9.17, 15) is 9.59 Å². The summed E-state index contributed by atoms with van der Waals surface area (Å²) in [6, 6.07) is 6.96. The molecule has 5 aliphatic rings. The number of hydrogen-bond acceptors (Lipinski definition) is 7. The average molecular weight is 596 g/mol. The second kappa shape index (κ2) is 12.9. The highest BCUT2D eigenvalue weighted by atomic mass is 19.1. The van der Waals surface area contributed by atoms with Crippen LogP contribution in [-0.2, 0) is 14.3 Å². The molecule has 0 bridgehead atoms. The van der Waals surface area contributed by atoms with Crippen molar-refractivity contribution < 1.29 is 18.7 Å². The molecule has 43 heavy (non-hydrogen) atoms. The van der Waals surface area contributed by atoms with Crippen LogP contribution in [-0.4, -0.2) is 99.3 Å². The number of rotatable bonds is 9. The van der Waals surface area contributed by atoms with Gasteiger partial charge in [-0.25, -0.2) is 4.39 Å². The number of morpholine rings is 1. The Morgan fingerprint density at radius 1 is 1.02 bits per heavy atom. The molecule has 236 valence electrons. The zero-order valence-electron chi connectivity index (χ0n) is 26.3. The number of alkyl halides is 1. The van der Waals surface area contributed by atoms with Crippen LogP contribution in [0.2, 0.25) is 0 Å². The number of anilines is 2. The maximum absolute atomic E-state index is 16.1. The molecule has 0 radical (unpaired) electrons. The molecule has 1 aromatic rings. The van der Waals surface area contributed by atoms with Crippen LogP contribution in [0.5, 0.6) is 0 Å². The van der Waals surface area contributed by atoms with Crippen LogP contribution >= 0.6 is 0 Å². The monoisotopic (exact) mass is 595 g/mol. The number of amides is 1. The molecule has 9 atom stereocenters. The Balaban J connectivity index is 1.28. The summed E-state index contributed by atoms with van der Waals surface area (Å²) in [7, 11) is 8.07. The molecule has 3 aliphatic carbocycles. The fourth-order valence-electron chi connectivity index (χ4n) is 8.63. The molecule has 2 aliphatic heterocycles. The van der Waals surface area contributed by atoms with E-state index >= 15 is 4.39 Å². The average Bonchev–Trinajstić information content (AvgIpc) is 2.99. The summed E-state index contributed by atoms with van der Waals surface area (Å²) in [6.07, 6.45) is 9.29. The van der Waals surface area contributed by atoms with Gasteiger partial charge >= 0.3 is 0 Å². The van der Waals surface area contributed by atoms with Gasteiger partial charge in [-0.05, 0) is 102 Å². The fourth-order valence-corrected chi connectivity index (χ4v) is 8.63. The van der Waals surface area contributed by atoms with Crippen LogP contribution in [0, 0.1) is 17.8 Å². The Morgan fingerprint density at radius 2 is 1.79 bits per heavy atom. The van der Waals surface area contributed by atoms with Gasteiger partial charge in [-0.1, -0.05) is 19.3 Å². The number of carbonyl (C=O) groups is 2. The largest absolute Gasteiger partial charge is 0.378 e. The molecule has 8 nitrogen and oxygen atoms in total. The molecule has 2 heterocycles. The number of unbranched alkanes of at least 4 members (excludes halogenated alkanes) is 1. The highest BCUT2D eigenvalue weighted by molar-refractivity contribution is 6.24. The van der Waals surface area contributed by atoms with E-state index in [1.54, 1.807) is 0 Å². The van der Waals surface area contributed by atoms with Crippen molar-refractivity contribution in [2.24, 2.45) is 17.8 Å². The Morgan fingerprint density at radius 3 is 2.53 bits per heavy atom. The van der Waals surface area contributed by atoms with E-state index in [0.29, 0.717) is 17.5 Å². The van der Waals surface area contributed by atoms with E-state index in [1.165, 1.54) is 19.3 Å². The first-order valence-electron chi connectivity index (χ1n) is 16.5. The van der Waals surface area contributed by atoms with Gasteiger partial charge in [0.25, 0.3) is 5.91 Å². The van der Waals surface area contributed by atoms with Gasteiger partial charge in [-0.15, -0.1) is 0 Å². The maximum atomic E-state index is 16.1. The minimum Gasteiger partial charge on any atom is -0.378 e. The van der Waals surface area contributed by atoms with Crippen molar-refractivity contribution >= 4 is 23.1 Å². The quantitative estimate of drug-likeness (QED) is 0.327. The minimum atomic E-state index is -1.21. The van der Waals surface area contributed by atoms with Gasteiger partial charge < -0.3 is 30.1 Å². The number of halogens is 1. The van der Waals surface area contributed by atoms with Crippen molar-refractivity contribution in [1.82, 2.24) is 15.1 Å². The summed E-state index contributed by atoms with van der Waals surface area (Å²) in [6.45, 7) is 1.72. The van der Waals surface area contributed by atoms with Gasteiger partial charge in [0.15, 0.2) is 5.78 Å². The predicted molar refractivity (Wildman–Crippen MR) is 168 cm³/mol. The molecule has 3 saturated carbocycles. The van der Waals surface area contributed by atoms with E-state index in [-0.39, 0.29) is 36.0 Å². The van der Waals surface area contributed by atoms with Crippen LogP contribution in [0.3, 0.4) is 0 Å². The number of benzene rings is 1. The molecule has 1 amide bonds. The molecule has 2 N–H and O–H groups in total. The lowest BCUT2D eigenvalue weighted by Gasteiger charge is -2.61. The SMILES string of the molecule is CN(C)CCCCNC1C(F)CC2C(=O)C(C(=O)Nc3ccc(N(C)C)cc3)=CN3C4CCC5CCCCC5C4OC1C23. The van der Waals surface area contributed by atoms with Crippen LogP contribution in [0.15, 0.2) is 36.0 Å². The number of ether oxygens (including phenoxy) is 1. The highest BCUT2D eigenvalue weighted by Crippen LogP contribution is 2.50. The third-order valence-electron chi connectivity index (χ3n) is 10.8. The highest BCUT2D eigenvalue weighted by Gasteiger charge is 2.60. The number of nitrogens with zero attached hydrogens (tertiary/aromatic N) is 3. The summed E-state index contributed by atoms with van der Waals surface area (Å²) >= 11 is 0. The van der Waals surface area contributed by atoms with Gasteiger partial charge in [0.1, 0.15) is 6.17 Å². The Labute approximate surface area is 256 Å². The summed E-state index contributed by atoms with van der Waals surface area (Å²) in [5.41, 5.74) is 1.80. The standard InChI is InChI=1S/C34H50FN5O3/c1-38(2)18-8-7-17-36-29-27(35)19-25-30-33(29)43-32-24-10-6-5-9-21(24)11-16-28(32)40(30)20-26(31(25)41)34(42)37-22-12-14-23(15-13-22)39(3)4/h12-15,20-21,24-25,27-30,32-33,36H,5-11,16-19H2,1-4H3,(H,37,42). The second-order valence-electron chi connectivity index (χ2n) is 14.0. The van der Waals surface area contributed by atoms with Crippen LogP contribution < -0.4 is 15.5 Å². The van der Waals surface area contributed by atoms with E-state index < -0.39 is 30.1 Å². The maximum Gasteiger partial charge on any atom is 0.260 e. The molecule has 9 heteroatoms. The van der Waals surface area contributed by atoms with E-state index in [4.69, 9.17) is 4.74 Å². The van der Waals surface area contributed by atoms with Gasteiger partial charge in [0, 0.05) is 37.6 Å². The van der Waals surface area contributed by atoms with Crippen LogP contribution in [0.25, 0.3) is 0 Å². The van der Waals surface area contributed by atoms with Crippen molar-refractivity contribution in [2.45, 2.75) is 94.3 Å². The topological polar surface area (TPSA) is 77.2 Å². The van der Waals surface area contributed by atoms with Crippen molar-refractivity contribution in [2.75, 3.05) is 51.5 Å². The first-order chi connectivity index (χ1) is 20.7. The third-order valence-corrected chi connectivity index (χ3v) is 10.8. The molecule has 6 rings (SSSR count). The van der Waals surface area contributed by atoms with Crippen LogP contribution in [0.1, 0.15) is 57.8 Å². The summed E-state index contributed by atoms with van der Waals surface area (Å²) in [4.78, 5) is 34.1. The first kappa shape index (κ1) is 30.5. The molecule has 9 unspecified atom stereocenters. The van der Waals surface area contributed by atoms with Gasteiger partial charge in [-0.3, -0.25) is 9.59 Å². The molecular weight excluding hydrogens is 545 g/mol. The van der Waals surface area contributed by atoms with E-state index in [2.05, 4.69) is 34.5 Å². The molecule has 1 aromatic carbocycles. The van der Waals surface area contributed by atoms with Crippen molar-refractivity contribution in [3.05, 3.63) is 36.0 Å². The van der Waals surface area contributed by atoms with Gasteiger partial charge in [0.05, 0.1) is 35.9 Å². The van der Waals surface area contributed by atoms with E-state index in [0.717, 1.165) is 50.9 Å². The number of Topliss-reactive ketones (excluding diaryl/α,β-unsaturated/α-hetero) is 1. The number of carbonyl (C=O) groups excluding carboxylic acids is 2. The first-order valence-corrected chi connectivity index (χ1v) is 16.5. The third kappa shape index (κ3) is 6.09. The summed E-state index contributed by atoms with van der Waals surface area (Å²) in [5.74, 6) is -0.171. The fraction of sp³-hybridized carbons (Fsp3) is 0.706. The van der Waals surface area contributed by atoms with Crippen molar-refractivity contribution in [3.63, 3.8) is 0 Å². The van der Waals surface area contributed by atoms with Crippen molar-refractivity contribution in [1.29, 1.82) is 0 Å². The lowest BCUT2D eigenvalue weighted by atomic mass is 9.64. The smallest absolute Gasteiger partial charge is 0.260 e. The van der Waals surface area contributed by atoms with Gasteiger partial charge in [-0.2, -0.15) is 0 Å². The number of ketones is 1. The molecule has 0 aromatic heterocycles. The molecule has 1 saturated heterocycles. The number of fused-ring (bicyclic) bond motifs is 4. The van der Waals surface area contributed by atoms with Gasteiger partial charge in [0.2, 0.25) is 0 Å². The predicted octanol–water partition coefficient (Wildman–Crippen LogP) is 4.22. The van der Waals surface area contributed by atoms with Crippen LogP contribution in [0.4, 0.5) is 15.8 Å². The summed E-state index contributed by atoms with van der Waals surface area (Å²) in [5, 5.41) is 6.48. The summed E-state index contributed by atoms with van der Waals surface area (Å²) < 4.78 is 23.1. The Kier molecular flexibility index (Phi) is 9.13. The molecular formula is C34H50FN5O3. The zero-order chi connectivity index (χ0) is 30.2. The second-order valence-corrected chi connectivity index (χ2v) is 14.0. The molecule has 0 spiro atoms. The van der Waals surface area contributed by atoms with E-state index in [1.807, 2.05) is 49.5 Å². The zero-order valence-corrected chi connectivity index (χ0v) is 26.3. The minimum absolute atomic E-state index is 0.00312. The molecule has 4 fully saturated rings. The lowest BCUT2D eigenvalue weighted by Crippen LogP contribution is -2.74. The normalized spacial score (nSPS) is 35.0. The Bertz CT molecular complexity index is 1190. The lowest BCUT2D eigenvalue weighted by molar-refractivity contribution is -0.220. The Hall–Kier alpha value is -2.49. The number of hydrogen-bond donors (Lipinski definition) is 2. The van der Waals surface area contributed by atoms with Crippen molar-refractivity contribution in [3.8, 4) is 0 Å².